The molecule has 0 radical (unpaired) electrons. The fourth-order valence-corrected chi connectivity index (χ4v) is 14.0. The van der Waals surface area contributed by atoms with Crippen LogP contribution in [-0.4, -0.2) is 230 Å². The molecule has 634 valence electrons. The number of aliphatic carboxylic acids is 2. The highest BCUT2D eigenvalue weighted by molar-refractivity contribution is 6.01. The number of aryl methyl sites for hydroxylation is 2. The van der Waals surface area contributed by atoms with Crippen molar-refractivity contribution in [2.45, 2.75) is 249 Å². The number of rotatable bonds is 20. The van der Waals surface area contributed by atoms with Gasteiger partial charge in [0.2, 0.25) is 76.8 Å². The fourth-order valence-electron chi connectivity index (χ4n) is 14.0. The Hall–Kier alpha value is -12.2. The van der Waals surface area contributed by atoms with Gasteiger partial charge < -0.3 is 105 Å². The van der Waals surface area contributed by atoms with E-state index in [-0.39, 0.29) is 88.3 Å². The molecule has 39 heteroatoms. The first-order valence-electron chi connectivity index (χ1n) is 39.1. The third-order valence-corrected chi connectivity index (χ3v) is 20.0. The maximum absolute atomic E-state index is 15.1. The number of nitrogens with one attached hydrogen (secondary N) is 16. The number of carboxylic acid groups (broad SMARTS) is 2. The van der Waals surface area contributed by atoms with Gasteiger partial charge in [-0.2, -0.15) is 0 Å². The SMILES string of the molecule is CC(C)C[C@@H]1NC(=O)[C@H](Cc2c[nH]cn2)NC(=O)[C@H](Cc2c[nH]c3ccccc23)NC(=O)[C@H](C)NC(=O)[C@@H](NC(=O)[C@H](CC(=O)O)NC(C)(C)C)CCc2cn(nn2)CCCC[C@@H](C(=O)N[C@H](C(N)=O)[C@@H](C)O)NC(=O)[C@@H]2Cc3c[nH]c4cccc(c34)C(C)[C@H](NC(=O)[C@H](CC(C)C)NC(=O)[C@H](CCC(=O)O)NC(=O)CNC1=O)C(=O)N2. The largest absolute Gasteiger partial charge is 0.481 e. The van der Waals surface area contributed by atoms with Crippen LogP contribution in [0.15, 0.2) is 73.6 Å². The molecule has 6 heterocycles. The molecule has 0 fully saturated rings. The Morgan fingerprint density at radius 2 is 1.30 bits per heavy atom. The van der Waals surface area contributed by atoms with Crippen LogP contribution in [0.5, 0.6) is 0 Å². The molecule has 0 aliphatic carbocycles. The average molecular weight is 1630 g/mol. The first-order valence-corrected chi connectivity index (χ1v) is 39.1. The average Bonchev–Trinajstić information content (AvgIpc) is 1.63. The Bertz CT molecular complexity index is 4560. The number of carbonyl (C=O) groups is 15. The van der Waals surface area contributed by atoms with Crippen LogP contribution in [0.1, 0.15) is 161 Å². The Kier molecular flexibility index (Phi) is 32.0. The second kappa shape index (κ2) is 41.4. The van der Waals surface area contributed by atoms with Gasteiger partial charge in [0.1, 0.15) is 66.5 Å². The number of primary amides is 1. The minimum Gasteiger partial charge on any atom is -0.481 e. The molecule has 21 N–H and O–H groups in total. The highest BCUT2D eigenvalue weighted by Gasteiger charge is 2.41. The number of para-hydroxylation sites is 1. The normalized spacial score (nSPS) is 23.6. The summed E-state index contributed by atoms with van der Waals surface area (Å²) in [5.74, 6) is -16.5. The Morgan fingerprint density at radius 1 is 0.658 bits per heavy atom. The minimum atomic E-state index is -1.67. The lowest BCUT2D eigenvalue weighted by Gasteiger charge is -2.30. The number of nitrogens with two attached hydrogens (primary N) is 1. The van der Waals surface area contributed by atoms with E-state index in [1.165, 1.54) is 31.1 Å². The van der Waals surface area contributed by atoms with Crippen LogP contribution in [0.25, 0.3) is 21.8 Å². The first-order chi connectivity index (χ1) is 55.3. The van der Waals surface area contributed by atoms with Crippen molar-refractivity contribution < 1.29 is 87.2 Å². The van der Waals surface area contributed by atoms with Gasteiger partial charge in [-0.25, -0.2) is 4.98 Å². The third-order valence-electron chi connectivity index (χ3n) is 20.0. The number of imidazole rings is 1. The van der Waals surface area contributed by atoms with Crippen molar-refractivity contribution in [3.8, 4) is 0 Å². The lowest BCUT2D eigenvalue weighted by molar-refractivity contribution is -0.140. The molecular formula is C78H109N21O18. The Morgan fingerprint density at radius 3 is 1.95 bits per heavy atom. The van der Waals surface area contributed by atoms with E-state index in [0.717, 1.165) is 0 Å². The van der Waals surface area contributed by atoms with E-state index < -0.39 is 205 Å². The van der Waals surface area contributed by atoms with Crippen LogP contribution in [0.3, 0.4) is 0 Å². The maximum atomic E-state index is 15.1. The van der Waals surface area contributed by atoms with Gasteiger partial charge >= 0.3 is 11.9 Å². The van der Waals surface area contributed by atoms with Crippen molar-refractivity contribution in [2.75, 3.05) is 6.54 Å². The summed E-state index contributed by atoms with van der Waals surface area (Å²) < 4.78 is 1.45. The number of amides is 13. The number of fused-ring (bicyclic) bond motifs is 6. The lowest BCUT2D eigenvalue weighted by Crippen LogP contribution is -2.61. The number of aromatic nitrogens is 7. The van der Waals surface area contributed by atoms with Crippen LogP contribution in [0, 0.1) is 11.8 Å². The number of aliphatic hydroxyl groups is 1. The Labute approximate surface area is 674 Å². The monoisotopic (exact) mass is 1630 g/mol. The van der Waals surface area contributed by atoms with E-state index in [1.807, 2.05) is 0 Å². The lowest BCUT2D eigenvalue weighted by atomic mass is 9.88. The topological polar surface area (TPSA) is 590 Å². The molecule has 2 aliphatic heterocycles. The molecular weight excluding hydrogens is 1520 g/mol. The number of carboxylic acids is 2. The predicted molar refractivity (Wildman–Crippen MR) is 422 cm³/mol. The van der Waals surface area contributed by atoms with E-state index in [9.17, 15) is 77.6 Å². The van der Waals surface area contributed by atoms with E-state index in [0.29, 0.717) is 44.2 Å². The molecule has 13 amide bonds. The highest BCUT2D eigenvalue weighted by atomic mass is 16.4. The molecule has 4 aromatic heterocycles. The molecule has 1 unspecified atom stereocenters. The number of hydrogen-bond acceptors (Lipinski definition) is 20. The molecule has 0 saturated heterocycles. The summed E-state index contributed by atoms with van der Waals surface area (Å²) in [7, 11) is 0. The van der Waals surface area contributed by atoms with Gasteiger partial charge in [0.25, 0.3) is 0 Å². The van der Waals surface area contributed by atoms with Gasteiger partial charge in [-0.05, 0) is 127 Å². The van der Waals surface area contributed by atoms with Crippen LogP contribution < -0.4 is 74.9 Å². The zero-order valence-electron chi connectivity index (χ0n) is 67.1. The van der Waals surface area contributed by atoms with E-state index >= 15 is 9.59 Å². The van der Waals surface area contributed by atoms with E-state index in [4.69, 9.17) is 5.73 Å². The molecule has 2 aromatic carbocycles. The molecule has 4 bridgehead atoms. The summed E-state index contributed by atoms with van der Waals surface area (Å²) >= 11 is 0. The van der Waals surface area contributed by atoms with Crippen molar-refractivity contribution in [1.82, 2.24) is 104 Å². The summed E-state index contributed by atoms with van der Waals surface area (Å²) in [6, 6.07) is -5.76. The molecule has 8 rings (SSSR count). The molecule has 14 atom stereocenters. The molecule has 39 nitrogen and oxygen atoms in total. The van der Waals surface area contributed by atoms with Crippen molar-refractivity contribution in [2.24, 2.45) is 17.6 Å². The standard InChI is InChI=1S/C78H109N21O18/c1-38(2)26-54-68(108)83-35-60(101)86-52(23-24-61(102)103)70(110)91-55(27-39(3)4)75(115)94-64-40(5)47-17-15-20-50-63(47)44(33-82-50)29-57(93-77(64)117)72(112)87-51(71(111)95-65(42(7)100)66(79)106)19-13-14-25-99-36-45(97-98-99)21-22-53(88-76(116)59(31-62(104)105)96-78(8,9)10)69(109)85-41(6)67(107)89-56(28-43-32-81-49-18-12-11-16-48(43)49)73(113)92-58(74(114)90-54)30-46-34-80-37-84-46/h11-12,15-18,20,32-34,36-42,51-59,64-65,81-82,96,100H,13-14,19,21-31,35H2,1-10H3,(H2,79,106)(H,80,84)(H,83,108)(H,85,109)(H,86,101)(H,87,112)(H,88,116)(H,89,107)(H,90,114)(H,91,110)(H,92,113)(H,93,117)(H,94,115)(H,95,111)(H,102,103)(H,104,105)/t40?,41-,42+,51-,52-,53-,54-,55-,56-,57-,58-,59-,64-,65-/m0/s1. The summed E-state index contributed by atoms with van der Waals surface area (Å²) in [5, 5.41) is 74.8. The minimum absolute atomic E-state index is 0.0508. The first kappa shape index (κ1) is 90.4. The maximum Gasteiger partial charge on any atom is 0.305 e. The van der Waals surface area contributed by atoms with E-state index in [1.54, 1.807) is 116 Å². The quantitative estimate of drug-likeness (QED) is 0.0411. The zero-order valence-corrected chi connectivity index (χ0v) is 67.1. The highest BCUT2D eigenvalue weighted by Crippen LogP contribution is 2.33. The smallest absolute Gasteiger partial charge is 0.305 e. The number of aliphatic hydroxyl groups excluding tert-OH is 1. The van der Waals surface area contributed by atoms with Crippen molar-refractivity contribution in [3.63, 3.8) is 0 Å². The van der Waals surface area contributed by atoms with Crippen LogP contribution in [-0.2, 0) is 104 Å². The number of benzene rings is 2. The third kappa shape index (κ3) is 26.4. The number of hydrogen-bond donors (Lipinski definition) is 20. The van der Waals surface area contributed by atoms with E-state index in [2.05, 4.69) is 99.4 Å². The van der Waals surface area contributed by atoms with Crippen LogP contribution in [0.4, 0.5) is 0 Å². The molecule has 0 spiro atoms. The number of H-pyrrole nitrogens is 3. The molecule has 0 saturated carbocycles. The predicted octanol–water partition coefficient (Wildman–Crippen LogP) is -1.55. The van der Waals surface area contributed by atoms with Crippen molar-refractivity contribution >= 4 is 111 Å². The number of nitrogens with zero attached hydrogens (tertiary/aromatic N) is 4. The van der Waals surface area contributed by atoms with Crippen LogP contribution >= 0.6 is 0 Å². The zero-order chi connectivity index (χ0) is 85.7. The van der Waals surface area contributed by atoms with Gasteiger partial charge in [0, 0.05) is 90.3 Å². The van der Waals surface area contributed by atoms with Crippen molar-refractivity contribution in [3.05, 3.63) is 102 Å². The number of aromatic amines is 3. The second-order valence-corrected chi connectivity index (χ2v) is 31.8. The van der Waals surface area contributed by atoms with Gasteiger partial charge in [0.15, 0.2) is 0 Å². The van der Waals surface area contributed by atoms with Crippen molar-refractivity contribution in [1.29, 1.82) is 0 Å². The van der Waals surface area contributed by atoms with Gasteiger partial charge in [-0.15, -0.1) is 5.10 Å². The Balaban J connectivity index is 1.16. The summed E-state index contributed by atoms with van der Waals surface area (Å²) in [6.07, 6.45) is 3.34. The van der Waals surface area contributed by atoms with Gasteiger partial charge in [-0.3, -0.25) is 76.6 Å². The number of carbonyl (C=O) groups excluding carboxylic acids is 13. The summed E-state index contributed by atoms with van der Waals surface area (Å²) in [6.45, 7) is 15.6. The fraction of sp³-hybridized carbons (Fsp3) is 0.538. The molecule has 6 aromatic rings. The molecule has 2 aliphatic rings. The summed E-state index contributed by atoms with van der Waals surface area (Å²) in [4.78, 5) is 226. The van der Waals surface area contributed by atoms with Gasteiger partial charge in [-0.1, -0.05) is 70.2 Å². The van der Waals surface area contributed by atoms with Gasteiger partial charge in [0.05, 0.1) is 42.8 Å². The second-order valence-electron chi connectivity index (χ2n) is 31.8. The molecule has 117 heavy (non-hydrogen) atoms. The van der Waals surface area contributed by atoms with Crippen LogP contribution in [0.2, 0.25) is 0 Å². The summed E-state index contributed by atoms with van der Waals surface area (Å²) in [5.41, 5.74) is 8.26.